The maximum atomic E-state index is 11.3. The molecule has 0 aromatic rings. The van der Waals surface area contributed by atoms with Crippen molar-refractivity contribution < 1.29 is 8.42 Å². The minimum absolute atomic E-state index is 0.209. The van der Waals surface area contributed by atoms with Gasteiger partial charge in [0.05, 0.1) is 5.75 Å². The van der Waals surface area contributed by atoms with Crippen LogP contribution in [0.4, 0.5) is 0 Å². The molecule has 2 aliphatic carbocycles. The molecule has 0 spiro atoms. The zero-order chi connectivity index (χ0) is 9.47. The van der Waals surface area contributed by atoms with Crippen molar-refractivity contribution in [3.8, 4) is 0 Å². The zero-order valence-electron chi connectivity index (χ0n) is 7.99. The molecule has 2 fully saturated rings. The van der Waals surface area contributed by atoms with Crippen LogP contribution in [-0.4, -0.2) is 20.2 Å². The second-order valence-corrected chi connectivity index (χ2v) is 6.35. The summed E-state index contributed by atoms with van der Waals surface area (Å²) < 4.78 is 25.4. The Labute approximate surface area is 80.0 Å². The zero-order valence-corrected chi connectivity index (χ0v) is 8.81. The van der Waals surface area contributed by atoms with Gasteiger partial charge in [-0.25, -0.2) is 13.1 Å². The molecule has 3 atom stereocenters. The van der Waals surface area contributed by atoms with Crippen LogP contribution in [0.3, 0.4) is 0 Å². The Hall–Kier alpha value is -0.0900. The van der Waals surface area contributed by atoms with Crippen LogP contribution in [0.5, 0.6) is 0 Å². The van der Waals surface area contributed by atoms with Gasteiger partial charge in [0.2, 0.25) is 10.0 Å². The molecule has 0 saturated heterocycles. The van der Waals surface area contributed by atoms with Crippen LogP contribution in [-0.2, 0) is 10.0 Å². The van der Waals surface area contributed by atoms with Crippen molar-refractivity contribution in [3.05, 3.63) is 0 Å². The summed E-state index contributed by atoms with van der Waals surface area (Å²) in [4.78, 5) is 0. The number of hydrogen-bond acceptors (Lipinski definition) is 2. The number of sulfonamides is 1. The Morgan fingerprint density at radius 3 is 2.54 bits per heavy atom. The summed E-state index contributed by atoms with van der Waals surface area (Å²) in [5, 5.41) is 0. The average Bonchev–Trinajstić information content (AvgIpc) is 2.64. The molecule has 3 nitrogen and oxygen atoms in total. The lowest BCUT2D eigenvalue weighted by Crippen LogP contribution is -2.39. The highest BCUT2D eigenvalue weighted by Crippen LogP contribution is 2.44. The average molecular weight is 203 g/mol. The van der Waals surface area contributed by atoms with Crippen molar-refractivity contribution in [2.75, 3.05) is 5.75 Å². The Kier molecular flexibility index (Phi) is 2.36. The first-order valence-corrected chi connectivity index (χ1v) is 6.76. The van der Waals surface area contributed by atoms with Crippen molar-refractivity contribution in [1.29, 1.82) is 0 Å². The number of fused-ring (bicyclic) bond motifs is 2. The monoisotopic (exact) mass is 203 g/mol. The van der Waals surface area contributed by atoms with E-state index in [0.29, 0.717) is 5.92 Å². The van der Waals surface area contributed by atoms with Gasteiger partial charge in [0.1, 0.15) is 0 Å². The predicted molar refractivity (Wildman–Crippen MR) is 51.8 cm³/mol. The largest absolute Gasteiger partial charge is 0.212 e. The third-order valence-corrected chi connectivity index (χ3v) is 4.87. The fourth-order valence-electron chi connectivity index (χ4n) is 2.70. The number of nitrogens with one attached hydrogen (secondary N) is 1. The Morgan fingerprint density at radius 2 is 2.08 bits per heavy atom. The van der Waals surface area contributed by atoms with Crippen LogP contribution in [0.1, 0.15) is 32.6 Å². The van der Waals surface area contributed by atoms with Crippen LogP contribution in [0.2, 0.25) is 0 Å². The predicted octanol–water partition coefficient (Wildman–Crippen LogP) is 1.11. The van der Waals surface area contributed by atoms with E-state index < -0.39 is 10.0 Å². The van der Waals surface area contributed by atoms with Gasteiger partial charge in [-0.15, -0.1) is 0 Å². The first kappa shape index (κ1) is 9.46. The van der Waals surface area contributed by atoms with Crippen molar-refractivity contribution in [2.45, 2.75) is 38.6 Å². The molecule has 3 unspecified atom stereocenters. The van der Waals surface area contributed by atoms with Crippen LogP contribution in [0.25, 0.3) is 0 Å². The van der Waals surface area contributed by atoms with Gasteiger partial charge in [0.15, 0.2) is 0 Å². The molecule has 0 aromatic carbocycles. The summed E-state index contributed by atoms with van der Waals surface area (Å²) in [6.07, 6.45) is 4.86. The summed E-state index contributed by atoms with van der Waals surface area (Å²) in [5.41, 5.74) is 0. The van der Waals surface area contributed by atoms with E-state index in [4.69, 9.17) is 0 Å². The summed E-state index contributed by atoms with van der Waals surface area (Å²) in [5.74, 6) is 1.64. The maximum Gasteiger partial charge on any atom is 0.211 e. The van der Waals surface area contributed by atoms with Crippen LogP contribution < -0.4 is 4.72 Å². The van der Waals surface area contributed by atoms with Crippen molar-refractivity contribution in [2.24, 2.45) is 11.8 Å². The standard InChI is InChI=1S/C9H17NO2S/c1-2-13(11,12)10-9-6-7-3-4-8(9)5-7/h7-10H,2-6H2,1H3. The molecular weight excluding hydrogens is 186 g/mol. The summed E-state index contributed by atoms with van der Waals surface area (Å²) in [7, 11) is -2.98. The van der Waals surface area contributed by atoms with Gasteiger partial charge in [-0.2, -0.15) is 0 Å². The fraction of sp³-hybridized carbons (Fsp3) is 1.00. The van der Waals surface area contributed by atoms with Gasteiger partial charge in [-0.1, -0.05) is 6.42 Å². The van der Waals surface area contributed by atoms with Crippen molar-refractivity contribution in [1.82, 2.24) is 4.72 Å². The third-order valence-electron chi connectivity index (χ3n) is 3.45. The minimum atomic E-state index is -2.98. The topological polar surface area (TPSA) is 46.2 Å². The van der Waals surface area contributed by atoms with Gasteiger partial charge >= 0.3 is 0 Å². The van der Waals surface area contributed by atoms with E-state index in [9.17, 15) is 8.42 Å². The number of hydrogen-bond donors (Lipinski definition) is 1. The molecule has 0 aromatic heterocycles. The Balaban J connectivity index is 1.97. The molecule has 2 bridgehead atoms. The lowest BCUT2D eigenvalue weighted by atomic mass is 9.96. The second-order valence-electron chi connectivity index (χ2n) is 4.30. The molecule has 1 N–H and O–H groups in total. The molecule has 76 valence electrons. The van der Waals surface area contributed by atoms with E-state index in [1.54, 1.807) is 6.92 Å². The highest BCUT2D eigenvalue weighted by molar-refractivity contribution is 7.89. The Bertz CT molecular complexity index is 286. The minimum Gasteiger partial charge on any atom is -0.212 e. The van der Waals surface area contributed by atoms with Crippen molar-refractivity contribution in [3.63, 3.8) is 0 Å². The third kappa shape index (κ3) is 1.89. The molecule has 0 amide bonds. The molecule has 13 heavy (non-hydrogen) atoms. The highest BCUT2D eigenvalue weighted by atomic mass is 32.2. The molecule has 0 heterocycles. The Morgan fingerprint density at radius 1 is 1.31 bits per heavy atom. The van der Waals surface area contributed by atoms with E-state index in [0.717, 1.165) is 12.3 Å². The normalized spacial score (nSPS) is 38.4. The SMILES string of the molecule is CCS(=O)(=O)NC1CC2CCC1C2. The van der Waals surface area contributed by atoms with E-state index in [1.165, 1.54) is 19.3 Å². The smallest absolute Gasteiger partial charge is 0.211 e. The van der Waals surface area contributed by atoms with Crippen LogP contribution in [0, 0.1) is 11.8 Å². The van der Waals surface area contributed by atoms with E-state index in [1.807, 2.05) is 0 Å². The summed E-state index contributed by atoms with van der Waals surface area (Å²) in [6.45, 7) is 1.69. The van der Waals surface area contributed by atoms with Crippen molar-refractivity contribution >= 4 is 10.0 Å². The number of rotatable bonds is 3. The molecule has 0 aliphatic heterocycles. The molecule has 2 aliphatic rings. The second kappa shape index (κ2) is 3.24. The molecule has 4 heteroatoms. The lowest BCUT2D eigenvalue weighted by molar-refractivity contribution is 0.390. The summed E-state index contributed by atoms with van der Waals surface area (Å²) >= 11 is 0. The van der Waals surface area contributed by atoms with Gasteiger partial charge in [-0.3, -0.25) is 0 Å². The van der Waals surface area contributed by atoms with E-state index in [2.05, 4.69) is 4.72 Å². The van der Waals surface area contributed by atoms with Gasteiger partial charge in [0.25, 0.3) is 0 Å². The van der Waals surface area contributed by atoms with E-state index in [-0.39, 0.29) is 11.8 Å². The van der Waals surface area contributed by atoms with Crippen LogP contribution >= 0.6 is 0 Å². The molecular formula is C9H17NO2S. The van der Waals surface area contributed by atoms with Crippen LogP contribution in [0.15, 0.2) is 0 Å². The van der Waals surface area contributed by atoms with Gasteiger partial charge in [0, 0.05) is 6.04 Å². The highest BCUT2D eigenvalue weighted by Gasteiger charge is 2.40. The summed E-state index contributed by atoms with van der Waals surface area (Å²) in [6, 6.07) is 0.253. The molecule has 2 rings (SSSR count). The van der Waals surface area contributed by atoms with Gasteiger partial charge < -0.3 is 0 Å². The quantitative estimate of drug-likeness (QED) is 0.747. The molecule has 0 radical (unpaired) electrons. The van der Waals surface area contributed by atoms with Gasteiger partial charge in [-0.05, 0) is 38.0 Å². The fourth-order valence-corrected chi connectivity index (χ4v) is 3.62. The lowest BCUT2D eigenvalue weighted by Gasteiger charge is -2.22. The maximum absolute atomic E-state index is 11.3. The molecule has 2 saturated carbocycles. The van der Waals surface area contributed by atoms with E-state index >= 15 is 0 Å². The first-order valence-electron chi connectivity index (χ1n) is 5.10. The first-order chi connectivity index (χ1) is 6.11.